The molecule has 1 aliphatic heterocycles. The summed E-state index contributed by atoms with van der Waals surface area (Å²) >= 11 is 0. The minimum Gasteiger partial charge on any atom is -0.330 e. The minimum atomic E-state index is 0.578. The van der Waals surface area contributed by atoms with Crippen LogP contribution in [0, 0.1) is 11.3 Å². The average molecular weight is 212 g/mol. The maximum atomic E-state index is 5.76. The Labute approximate surface area is 95.0 Å². The van der Waals surface area contributed by atoms with Crippen molar-refractivity contribution < 1.29 is 0 Å². The third-order valence-electron chi connectivity index (χ3n) is 3.83. The highest BCUT2D eigenvalue weighted by molar-refractivity contribution is 4.84. The molecular formula is C13H28N2. The molecule has 1 aliphatic rings. The van der Waals surface area contributed by atoms with Crippen molar-refractivity contribution in [1.29, 1.82) is 0 Å². The molecule has 2 heteroatoms. The van der Waals surface area contributed by atoms with Gasteiger partial charge in [0.15, 0.2) is 0 Å². The molecule has 0 saturated carbocycles. The zero-order valence-electron chi connectivity index (χ0n) is 10.5. The van der Waals surface area contributed by atoms with Gasteiger partial charge in [-0.15, -0.1) is 0 Å². The molecule has 1 heterocycles. The molecule has 15 heavy (non-hydrogen) atoms. The number of nitrogens with two attached hydrogens (primary N) is 1. The number of hydrogen-bond donors (Lipinski definition) is 2. The normalized spacial score (nSPS) is 20.8. The van der Waals surface area contributed by atoms with Crippen LogP contribution in [0.5, 0.6) is 0 Å². The second-order valence-corrected chi connectivity index (χ2v) is 5.57. The SMILES string of the molecule is CC(C)CCCC1(CCN)CCNCC1. The van der Waals surface area contributed by atoms with E-state index in [1.807, 2.05) is 0 Å². The van der Waals surface area contributed by atoms with E-state index in [-0.39, 0.29) is 0 Å². The Morgan fingerprint density at radius 3 is 2.40 bits per heavy atom. The summed E-state index contributed by atoms with van der Waals surface area (Å²) in [5.74, 6) is 0.849. The lowest BCUT2D eigenvalue weighted by atomic mass is 9.72. The van der Waals surface area contributed by atoms with Crippen LogP contribution in [0.2, 0.25) is 0 Å². The van der Waals surface area contributed by atoms with Crippen molar-refractivity contribution in [2.45, 2.75) is 52.4 Å². The highest BCUT2D eigenvalue weighted by atomic mass is 14.9. The summed E-state index contributed by atoms with van der Waals surface area (Å²) in [4.78, 5) is 0. The van der Waals surface area contributed by atoms with Crippen LogP contribution in [-0.2, 0) is 0 Å². The first-order chi connectivity index (χ1) is 7.18. The summed E-state index contributed by atoms with van der Waals surface area (Å²) in [7, 11) is 0. The van der Waals surface area contributed by atoms with Crippen molar-refractivity contribution in [2.24, 2.45) is 17.1 Å². The molecule has 90 valence electrons. The molecule has 0 aromatic rings. The molecule has 1 rings (SSSR count). The van der Waals surface area contributed by atoms with Crippen LogP contribution in [0.3, 0.4) is 0 Å². The average Bonchev–Trinajstić information content (AvgIpc) is 2.19. The van der Waals surface area contributed by atoms with E-state index in [1.165, 1.54) is 51.6 Å². The molecule has 1 fully saturated rings. The smallest absolute Gasteiger partial charge is 0.00436 e. The molecule has 0 spiro atoms. The first-order valence-corrected chi connectivity index (χ1v) is 6.59. The van der Waals surface area contributed by atoms with Crippen molar-refractivity contribution in [1.82, 2.24) is 5.32 Å². The highest BCUT2D eigenvalue weighted by Crippen LogP contribution is 2.37. The Morgan fingerprint density at radius 1 is 1.20 bits per heavy atom. The van der Waals surface area contributed by atoms with Crippen molar-refractivity contribution in [2.75, 3.05) is 19.6 Å². The fourth-order valence-electron chi connectivity index (χ4n) is 2.77. The third-order valence-corrected chi connectivity index (χ3v) is 3.83. The molecule has 0 amide bonds. The Hall–Kier alpha value is -0.0800. The van der Waals surface area contributed by atoms with Gasteiger partial charge < -0.3 is 11.1 Å². The maximum Gasteiger partial charge on any atom is -0.00436 e. The number of nitrogens with one attached hydrogen (secondary N) is 1. The zero-order valence-corrected chi connectivity index (χ0v) is 10.5. The van der Waals surface area contributed by atoms with Gasteiger partial charge in [-0.05, 0) is 56.7 Å². The maximum absolute atomic E-state index is 5.76. The largest absolute Gasteiger partial charge is 0.330 e. The third kappa shape index (κ3) is 4.52. The summed E-state index contributed by atoms with van der Waals surface area (Å²) < 4.78 is 0. The quantitative estimate of drug-likeness (QED) is 0.710. The van der Waals surface area contributed by atoms with Crippen molar-refractivity contribution >= 4 is 0 Å². The molecule has 1 saturated heterocycles. The molecule has 0 bridgehead atoms. The predicted molar refractivity (Wildman–Crippen MR) is 66.9 cm³/mol. The number of piperidine rings is 1. The van der Waals surface area contributed by atoms with Crippen molar-refractivity contribution in [3.8, 4) is 0 Å². The predicted octanol–water partition coefficient (Wildman–Crippen LogP) is 2.53. The topological polar surface area (TPSA) is 38.0 Å². The summed E-state index contributed by atoms with van der Waals surface area (Å²) in [6.45, 7) is 7.89. The van der Waals surface area contributed by atoms with Crippen molar-refractivity contribution in [3.05, 3.63) is 0 Å². The molecule has 0 unspecified atom stereocenters. The van der Waals surface area contributed by atoms with E-state index in [4.69, 9.17) is 5.73 Å². The molecule has 3 N–H and O–H groups in total. The van der Waals surface area contributed by atoms with Gasteiger partial charge in [-0.25, -0.2) is 0 Å². The molecule has 0 radical (unpaired) electrons. The Morgan fingerprint density at radius 2 is 1.87 bits per heavy atom. The van der Waals surface area contributed by atoms with E-state index in [0.29, 0.717) is 5.41 Å². The van der Waals surface area contributed by atoms with Crippen molar-refractivity contribution in [3.63, 3.8) is 0 Å². The summed E-state index contributed by atoms with van der Waals surface area (Å²) in [6.07, 6.45) is 8.05. The Bertz CT molecular complexity index is 154. The molecule has 0 aliphatic carbocycles. The second-order valence-electron chi connectivity index (χ2n) is 5.57. The fourth-order valence-corrected chi connectivity index (χ4v) is 2.77. The summed E-state index contributed by atoms with van der Waals surface area (Å²) in [5, 5.41) is 3.46. The fraction of sp³-hybridized carbons (Fsp3) is 1.00. The van der Waals surface area contributed by atoms with Crippen LogP contribution in [0.4, 0.5) is 0 Å². The summed E-state index contributed by atoms with van der Waals surface area (Å²) in [5.41, 5.74) is 6.33. The first-order valence-electron chi connectivity index (χ1n) is 6.59. The van der Waals surface area contributed by atoms with E-state index in [0.717, 1.165) is 12.5 Å². The molecule has 0 atom stereocenters. The van der Waals surface area contributed by atoms with Crippen LogP contribution < -0.4 is 11.1 Å². The van der Waals surface area contributed by atoms with E-state index in [9.17, 15) is 0 Å². The monoisotopic (exact) mass is 212 g/mol. The van der Waals surface area contributed by atoms with Gasteiger partial charge in [0.05, 0.1) is 0 Å². The van der Waals surface area contributed by atoms with Gasteiger partial charge in [0.25, 0.3) is 0 Å². The molecule has 0 aromatic carbocycles. The van der Waals surface area contributed by atoms with E-state index >= 15 is 0 Å². The first kappa shape index (κ1) is 13.0. The lowest BCUT2D eigenvalue weighted by Crippen LogP contribution is -2.38. The van der Waals surface area contributed by atoms with E-state index < -0.39 is 0 Å². The van der Waals surface area contributed by atoms with Crippen LogP contribution in [-0.4, -0.2) is 19.6 Å². The van der Waals surface area contributed by atoms with Gasteiger partial charge in [-0.1, -0.05) is 26.7 Å². The molecule has 2 nitrogen and oxygen atoms in total. The molecular weight excluding hydrogens is 184 g/mol. The standard InChI is InChI=1S/C13H28N2/c1-12(2)4-3-5-13(6-9-14)7-10-15-11-8-13/h12,15H,3-11,14H2,1-2H3. The van der Waals surface area contributed by atoms with Gasteiger partial charge >= 0.3 is 0 Å². The van der Waals surface area contributed by atoms with E-state index in [2.05, 4.69) is 19.2 Å². The Balaban J connectivity index is 2.34. The lowest BCUT2D eigenvalue weighted by Gasteiger charge is -2.38. The van der Waals surface area contributed by atoms with Gasteiger partial charge in [0, 0.05) is 0 Å². The van der Waals surface area contributed by atoms with E-state index in [1.54, 1.807) is 0 Å². The van der Waals surface area contributed by atoms with Crippen LogP contribution in [0.1, 0.15) is 52.4 Å². The number of hydrogen-bond acceptors (Lipinski definition) is 2. The van der Waals surface area contributed by atoms with Crippen LogP contribution in [0.25, 0.3) is 0 Å². The van der Waals surface area contributed by atoms with Crippen LogP contribution in [0.15, 0.2) is 0 Å². The summed E-state index contributed by atoms with van der Waals surface area (Å²) in [6, 6.07) is 0. The van der Waals surface area contributed by atoms with Gasteiger partial charge in [-0.3, -0.25) is 0 Å². The minimum absolute atomic E-state index is 0.578. The second kappa shape index (κ2) is 6.49. The van der Waals surface area contributed by atoms with Gasteiger partial charge in [-0.2, -0.15) is 0 Å². The van der Waals surface area contributed by atoms with Gasteiger partial charge in [0.1, 0.15) is 0 Å². The van der Waals surface area contributed by atoms with Gasteiger partial charge in [0.2, 0.25) is 0 Å². The lowest BCUT2D eigenvalue weighted by molar-refractivity contribution is 0.164. The highest BCUT2D eigenvalue weighted by Gasteiger charge is 2.30. The van der Waals surface area contributed by atoms with Crippen LogP contribution >= 0.6 is 0 Å². The molecule has 0 aromatic heterocycles. The zero-order chi connectivity index (χ0) is 11.1. The number of rotatable bonds is 6. The Kier molecular flexibility index (Phi) is 5.62.